The smallest absolute Gasteiger partial charge is 0.408 e. The summed E-state index contributed by atoms with van der Waals surface area (Å²) < 4.78 is 54.6. The Morgan fingerprint density at radius 3 is 2.52 bits per heavy atom. The molecule has 4 saturated carbocycles. The molecule has 2 aromatic rings. The number of carbonyl (C=O) groups excluding carboxylic acids is 3. The second kappa shape index (κ2) is 14.5. The van der Waals surface area contributed by atoms with Crippen molar-refractivity contribution in [1.29, 1.82) is 0 Å². The maximum absolute atomic E-state index is 15.2. The third kappa shape index (κ3) is 7.29. The number of methoxy groups -OCH3 is 1. The standard InChI is InChI=1S/C40H50FN5O9S/c1-21-6-4-5-7-25-19-40(25,38(49)44-56(52,53)29-8-9-29)43-35(47)32-18-28(55-36-31-16-26(41)17-33(54-3)30(31)10-11-42-36)20-45(32)37(48)34(22(2)12-21)46(39(50)51)27-14-23-13-24(23)15-27/h5,7,10-11,16-17,21-25,27-29,32,34H,4,6,8-9,12-15,18-20H2,1-3H3,(H,43,47)(H,44,49)(H,50,51)/b7-5-/t21-,22+,23-,24?,25+,27+,28+,32-,34-,40+/m0/s1. The van der Waals surface area contributed by atoms with Crippen LogP contribution < -0.4 is 19.5 Å². The molecule has 0 spiro atoms. The summed E-state index contributed by atoms with van der Waals surface area (Å²) in [4.78, 5) is 63.9. The molecule has 14 nitrogen and oxygen atoms in total. The summed E-state index contributed by atoms with van der Waals surface area (Å²) in [5.74, 6) is -2.18. The second-order valence-corrected chi connectivity index (χ2v) is 19.0. The third-order valence-electron chi connectivity index (χ3n) is 13.0. The molecular weight excluding hydrogens is 746 g/mol. The van der Waals surface area contributed by atoms with Gasteiger partial charge in [-0.3, -0.25) is 24.0 Å². The van der Waals surface area contributed by atoms with Gasteiger partial charge in [-0.05, 0) is 93.6 Å². The van der Waals surface area contributed by atoms with Crippen LogP contribution in [0.25, 0.3) is 10.8 Å². The maximum atomic E-state index is 15.2. The van der Waals surface area contributed by atoms with Crippen LogP contribution in [0, 0.1) is 35.4 Å². The third-order valence-corrected chi connectivity index (χ3v) is 14.8. The molecule has 302 valence electrons. The highest BCUT2D eigenvalue weighted by Crippen LogP contribution is 2.54. The fraction of sp³-hybridized carbons (Fsp3) is 0.625. The number of carboxylic acid groups (broad SMARTS) is 1. The fourth-order valence-corrected chi connectivity index (χ4v) is 11.1. The number of benzene rings is 1. The second-order valence-electron chi connectivity index (χ2n) is 17.1. The average molecular weight is 796 g/mol. The van der Waals surface area contributed by atoms with E-state index in [1.165, 1.54) is 35.2 Å². The van der Waals surface area contributed by atoms with Crippen LogP contribution in [0.3, 0.4) is 0 Å². The molecule has 16 heteroatoms. The first-order valence-electron chi connectivity index (χ1n) is 19.8. The number of carbonyl (C=O) groups is 4. The Hall–Kier alpha value is -4.47. The molecule has 3 heterocycles. The van der Waals surface area contributed by atoms with Gasteiger partial charge in [0.25, 0.3) is 5.91 Å². The van der Waals surface area contributed by atoms with Gasteiger partial charge in [0.2, 0.25) is 27.7 Å². The zero-order valence-electron chi connectivity index (χ0n) is 31.9. The highest BCUT2D eigenvalue weighted by Gasteiger charge is 2.62. The van der Waals surface area contributed by atoms with E-state index in [0.717, 1.165) is 12.8 Å². The van der Waals surface area contributed by atoms with E-state index in [2.05, 4.69) is 21.9 Å². The SMILES string of the molecule is COc1cc(F)cc2c(O[C@@H]3C[C@H]4C(=O)N[C@]5(C(=O)NS(=O)(=O)C6CC6)C[C@H]5/C=C\CC[C@H](C)C[C@@H](C)[C@H](N(C(=O)O)[C@H]5CC6C[C@H]6C5)C(=O)N4C3)nccc12. The van der Waals surface area contributed by atoms with Crippen molar-refractivity contribution >= 4 is 44.6 Å². The summed E-state index contributed by atoms with van der Waals surface area (Å²) in [6, 6.07) is 1.51. The minimum Gasteiger partial charge on any atom is -0.496 e. The van der Waals surface area contributed by atoms with E-state index in [4.69, 9.17) is 9.47 Å². The molecular formula is C40H50FN5O9S. The number of hydrogen-bond donors (Lipinski definition) is 3. The maximum Gasteiger partial charge on any atom is 0.408 e. The number of nitrogens with one attached hydrogen (secondary N) is 2. The van der Waals surface area contributed by atoms with Crippen LogP contribution >= 0.6 is 0 Å². The van der Waals surface area contributed by atoms with Gasteiger partial charge in [-0.1, -0.05) is 26.0 Å². The molecule has 1 aromatic heterocycles. The number of allylic oxidation sites excluding steroid dienone is 1. The van der Waals surface area contributed by atoms with Crippen molar-refractivity contribution in [2.75, 3.05) is 13.7 Å². The van der Waals surface area contributed by atoms with Crippen LogP contribution in [0.1, 0.15) is 78.1 Å². The Labute approximate surface area is 325 Å². The van der Waals surface area contributed by atoms with Gasteiger partial charge in [-0.15, -0.1) is 0 Å². The van der Waals surface area contributed by atoms with E-state index < -0.39 is 80.5 Å². The summed E-state index contributed by atoms with van der Waals surface area (Å²) in [7, 11) is -2.52. The van der Waals surface area contributed by atoms with E-state index in [1.54, 1.807) is 6.07 Å². The number of ether oxygens (including phenoxy) is 2. The number of nitrogens with zero attached hydrogens (tertiary/aromatic N) is 3. The number of aromatic nitrogens is 1. The Morgan fingerprint density at radius 2 is 1.82 bits per heavy atom. The van der Waals surface area contributed by atoms with Gasteiger partial charge in [0.05, 0.1) is 24.3 Å². The van der Waals surface area contributed by atoms with E-state index in [0.29, 0.717) is 61.1 Å². The van der Waals surface area contributed by atoms with E-state index in [1.807, 2.05) is 19.1 Å². The quantitative estimate of drug-likeness (QED) is 0.324. The van der Waals surface area contributed by atoms with Crippen LogP contribution in [0.4, 0.5) is 9.18 Å². The van der Waals surface area contributed by atoms with Crippen LogP contribution in [0.15, 0.2) is 36.5 Å². The van der Waals surface area contributed by atoms with Crippen LogP contribution in [-0.4, -0.2) is 101 Å². The van der Waals surface area contributed by atoms with Crippen molar-refractivity contribution in [3.05, 3.63) is 42.4 Å². The van der Waals surface area contributed by atoms with E-state index in [9.17, 15) is 32.3 Å². The van der Waals surface area contributed by atoms with E-state index in [-0.39, 0.29) is 43.0 Å². The minimum absolute atomic E-state index is 0.0567. The number of amides is 4. The Morgan fingerprint density at radius 1 is 1.07 bits per heavy atom. The summed E-state index contributed by atoms with van der Waals surface area (Å²) in [6.07, 6.45) is 8.62. The molecule has 5 fully saturated rings. The van der Waals surface area contributed by atoms with Gasteiger partial charge in [0, 0.05) is 36.0 Å². The van der Waals surface area contributed by atoms with Crippen molar-refractivity contribution in [1.82, 2.24) is 24.8 Å². The number of fused-ring (bicyclic) bond motifs is 4. The molecule has 8 rings (SSSR count). The Balaban J connectivity index is 1.16. The molecule has 1 aromatic carbocycles. The number of halogens is 1. The Kier molecular flexibility index (Phi) is 9.93. The van der Waals surface area contributed by atoms with Crippen LogP contribution in [0.2, 0.25) is 0 Å². The lowest BCUT2D eigenvalue weighted by Gasteiger charge is -2.40. The topological polar surface area (TPSA) is 185 Å². The first-order chi connectivity index (χ1) is 26.7. The van der Waals surface area contributed by atoms with Gasteiger partial charge in [-0.2, -0.15) is 0 Å². The van der Waals surface area contributed by atoms with E-state index >= 15 is 4.79 Å². The fourth-order valence-electron chi connectivity index (χ4n) is 9.69. The molecule has 6 aliphatic rings. The normalized spacial score (nSPS) is 34.9. The monoisotopic (exact) mass is 795 g/mol. The average Bonchev–Trinajstić information content (AvgIpc) is 4.11. The number of pyridine rings is 1. The van der Waals surface area contributed by atoms with Crippen molar-refractivity contribution in [3.63, 3.8) is 0 Å². The van der Waals surface area contributed by atoms with Gasteiger partial charge in [-0.25, -0.2) is 22.6 Å². The van der Waals surface area contributed by atoms with Gasteiger partial charge >= 0.3 is 6.09 Å². The summed E-state index contributed by atoms with van der Waals surface area (Å²) in [6.45, 7) is 3.84. The van der Waals surface area contributed by atoms with Gasteiger partial charge in [0.15, 0.2) is 0 Å². The highest BCUT2D eigenvalue weighted by molar-refractivity contribution is 7.91. The first kappa shape index (κ1) is 38.4. The molecule has 3 N–H and O–H groups in total. The molecule has 2 aliphatic heterocycles. The van der Waals surface area contributed by atoms with Crippen molar-refractivity contribution in [2.45, 2.75) is 113 Å². The summed E-state index contributed by atoms with van der Waals surface area (Å²) in [5, 5.41) is 13.8. The highest BCUT2D eigenvalue weighted by atomic mass is 32.2. The van der Waals surface area contributed by atoms with Crippen LogP contribution in [-0.2, 0) is 24.4 Å². The molecule has 4 aliphatic carbocycles. The zero-order valence-corrected chi connectivity index (χ0v) is 32.7. The molecule has 10 atom stereocenters. The predicted octanol–water partition coefficient (Wildman–Crippen LogP) is 4.37. The lowest BCUT2D eigenvalue weighted by Crippen LogP contribution is -2.61. The molecule has 1 saturated heterocycles. The molecule has 56 heavy (non-hydrogen) atoms. The Bertz CT molecular complexity index is 2070. The minimum atomic E-state index is -3.94. The van der Waals surface area contributed by atoms with Crippen LogP contribution in [0.5, 0.6) is 11.6 Å². The first-order valence-corrected chi connectivity index (χ1v) is 21.4. The number of rotatable bonds is 8. The molecule has 4 amide bonds. The van der Waals surface area contributed by atoms with Crippen molar-refractivity contribution in [2.24, 2.45) is 29.6 Å². The number of hydrogen-bond acceptors (Lipinski definition) is 9. The molecule has 1 unspecified atom stereocenters. The van der Waals surface area contributed by atoms with Crippen molar-refractivity contribution in [3.8, 4) is 11.6 Å². The zero-order chi connectivity index (χ0) is 39.7. The summed E-state index contributed by atoms with van der Waals surface area (Å²) in [5.41, 5.74) is -1.56. The largest absolute Gasteiger partial charge is 0.496 e. The van der Waals surface area contributed by atoms with Crippen molar-refractivity contribution < 1.29 is 46.6 Å². The molecule has 0 bridgehead atoms. The number of sulfonamides is 1. The molecule has 0 radical (unpaired) electrons. The van der Waals surface area contributed by atoms with Gasteiger partial charge < -0.3 is 24.8 Å². The van der Waals surface area contributed by atoms with Gasteiger partial charge in [0.1, 0.15) is 35.3 Å². The lowest BCUT2D eigenvalue weighted by atomic mass is 9.86. The lowest BCUT2D eigenvalue weighted by molar-refractivity contribution is -0.145. The summed E-state index contributed by atoms with van der Waals surface area (Å²) >= 11 is 0. The predicted molar refractivity (Wildman–Crippen MR) is 201 cm³/mol.